The summed E-state index contributed by atoms with van der Waals surface area (Å²) in [6.45, 7) is 12.3. The van der Waals surface area contributed by atoms with Crippen molar-refractivity contribution in [3.8, 4) is 0 Å². The number of carbonyl (C=O) groups is 1. The number of unbranched alkanes of at least 4 members (excludes halogenated alkanes) is 1. The predicted molar refractivity (Wildman–Crippen MR) is 83.0 cm³/mol. The van der Waals surface area contributed by atoms with Gasteiger partial charge in [-0.15, -0.1) is 0 Å². The Morgan fingerprint density at radius 3 is 2.26 bits per heavy atom. The van der Waals surface area contributed by atoms with Crippen LogP contribution in [0.2, 0.25) is 0 Å². The van der Waals surface area contributed by atoms with Crippen LogP contribution in [0, 0.1) is 11.8 Å². The molecule has 3 nitrogen and oxygen atoms in total. The lowest BCUT2D eigenvalue weighted by Gasteiger charge is -2.30. The number of rotatable bonds is 10. The van der Waals surface area contributed by atoms with Crippen molar-refractivity contribution in [3.63, 3.8) is 0 Å². The highest BCUT2D eigenvalue weighted by atomic mass is 16.2. The summed E-state index contributed by atoms with van der Waals surface area (Å²) in [5.41, 5.74) is 5.81. The summed E-state index contributed by atoms with van der Waals surface area (Å²) in [6, 6.07) is 0.344. The van der Waals surface area contributed by atoms with Crippen molar-refractivity contribution in [2.45, 2.75) is 72.8 Å². The summed E-state index contributed by atoms with van der Waals surface area (Å²) in [4.78, 5) is 14.5. The third-order valence-corrected chi connectivity index (χ3v) is 3.80. The van der Waals surface area contributed by atoms with E-state index in [0.717, 1.165) is 32.2 Å². The fraction of sp³-hybridized carbons (Fsp3) is 0.938. The zero-order valence-corrected chi connectivity index (χ0v) is 13.6. The number of hydrogen-bond acceptors (Lipinski definition) is 2. The molecule has 0 spiro atoms. The van der Waals surface area contributed by atoms with Gasteiger partial charge in [0.15, 0.2) is 0 Å². The second kappa shape index (κ2) is 10.2. The summed E-state index contributed by atoms with van der Waals surface area (Å²) in [7, 11) is 0. The molecule has 1 amide bonds. The van der Waals surface area contributed by atoms with Gasteiger partial charge in [0.1, 0.15) is 0 Å². The van der Waals surface area contributed by atoms with Crippen LogP contribution in [-0.4, -0.2) is 29.9 Å². The molecule has 0 saturated heterocycles. The van der Waals surface area contributed by atoms with Crippen LogP contribution in [0.3, 0.4) is 0 Å². The SMILES string of the molecule is CCCCN(C(=O)C[C@@H](CN)CC(C)C)C(C)CC. The number of hydrogen-bond donors (Lipinski definition) is 1. The Labute approximate surface area is 119 Å². The first-order valence-corrected chi connectivity index (χ1v) is 7.95. The molecule has 0 aromatic rings. The normalized spacial score (nSPS) is 14.5. The first-order chi connectivity index (χ1) is 8.96. The molecule has 0 aromatic heterocycles. The van der Waals surface area contributed by atoms with E-state index < -0.39 is 0 Å². The van der Waals surface area contributed by atoms with Crippen LogP contribution in [0.1, 0.15) is 66.7 Å². The minimum atomic E-state index is 0.291. The van der Waals surface area contributed by atoms with E-state index in [-0.39, 0.29) is 0 Å². The molecule has 0 bridgehead atoms. The molecule has 19 heavy (non-hydrogen) atoms. The van der Waals surface area contributed by atoms with E-state index in [2.05, 4.69) is 39.5 Å². The van der Waals surface area contributed by atoms with E-state index in [4.69, 9.17) is 5.73 Å². The molecule has 0 radical (unpaired) electrons. The summed E-state index contributed by atoms with van der Waals surface area (Å²) in [6.07, 6.45) is 4.90. The molecule has 0 saturated carbocycles. The Kier molecular flexibility index (Phi) is 9.94. The average Bonchev–Trinajstić information content (AvgIpc) is 2.37. The molecule has 1 unspecified atom stereocenters. The first-order valence-electron chi connectivity index (χ1n) is 7.95. The zero-order valence-electron chi connectivity index (χ0n) is 13.6. The minimum Gasteiger partial charge on any atom is -0.340 e. The third kappa shape index (κ3) is 7.56. The van der Waals surface area contributed by atoms with Gasteiger partial charge in [-0.3, -0.25) is 4.79 Å². The van der Waals surface area contributed by atoms with E-state index in [9.17, 15) is 4.79 Å². The molecule has 0 fully saturated rings. The molecule has 114 valence electrons. The molecule has 2 atom stereocenters. The highest BCUT2D eigenvalue weighted by Crippen LogP contribution is 2.17. The number of nitrogens with two attached hydrogens (primary N) is 1. The largest absolute Gasteiger partial charge is 0.340 e. The predicted octanol–water partition coefficient (Wildman–Crippen LogP) is 3.42. The van der Waals surface area contributed by atoms with Gasteiger partial charge in [0.05, 0.1) is 0 Å². The number of carbonyl (C=O) groups excluding carboxylic acids is 1. The molecule has 0 rings (SSSR count). The van der Waals surface area contributed by atoms with Crippen molar-refractivity contribution < 1.29 is 4.79 Å². The van der Waals surface area contributed by atoms with Gasteiger partial charge in [-0.25, -0.2) is 0 Å². The monoisotopic (exact) mass is 270 g/mol. The number of nitrogens with zero attached hydrogens (tertiary/aromatic N) is 1. The van der Waals surface area contributed by atoms with Crippen LogP contribution in [0.25, 0.3) is 0 Å². The van der Waals surface area contributed by atoms with E-state index in [1.807, 2.05) is 0 Å². The maximum Gasteiger partial charge on any atom is 0.223 e. The van der Waals surface area contributed by atoms with Crippen LogP contribution < -0.4 is 5.73 Å². The fourth-order valence-corrected chi connectivity index (χ4v) is 2.43. The number of amides is 1. The standard InChI is InChI=1S/C16H34N2O/c1-6-8-9-18(14(5)7-2)16(19)11-15(12-17)10-13(3)4/h13-15H,6-12,17H2,1-5H3/t14?,15-/m0/s1. The van der Waals surface area contributed by atoms with Crippen molar-refractivity contribution in [2.24, 2.45) is 17.6 Å². The maximum atomic E-state index is 12.5. The topological polar surface area (TPSA) is 46.3 Å². The Bertz CT molecular complexity index is 241. The second-order valence-electron chi connectivity index (χ2n) is 6.13. The van der Waals surface area contributed by atoms with Crippen molar-refractivity contribution >= 4 is 5.91 Å². The smallest absolute Gasteiger partial charge is 0.223 e. The molecule has 0 heterocycles. The van der Waals surface area contributed by atoms with Crippen molar-refractivity contribution in [2.75, 3.05) is 13.1 Å². The quantitative estimate of drug-likeness (QED) is 0.661. The third-order valence-electron chi connectivity index (χ3n) is 3.80. The van der Waals surface area contributed by atoms with Crippen LogP contribution in [0.4, 0.5) is 0 Å². The van der Waals surface area contributed by atoms with Crippen molar-refractivity contribution in [3.05, 3.63) is 0 Å². The van der Waals surface area contributed by atoms with Gasteiger partial charge in [-0.1, -0.05) is 34.1 Å². The summed E-state index contributed by atoms with van der Waals surface area (Å²) >= 11 is 0. The molecule has 0 aromatic carbocycles. The summed E-state index contributed by atoms with van der Waals surface area (Å²) in [5.74, 6) is 1.23. The average molecular weight is 270 g/mol. The molecule has 0 aliphatic carbocycles. The van der Waals surface area contributed by atoms with Crippen LogP contribution in [0.5, 0.6) is 0 Å². The molecule has 0 aliphatic heterocycles. The Morgan fingerprint density at radius 2 is 1.84 bits per heavy atom. The van der Waals surface area contributed by atoms with Gasteiger partial charge in [-0.2, -0.15) is 0 Å². The van der Waals surface area contributed by atoms with Gasteiger partial charge in [0, 0.05) is 19.0 Å². The molecular formula is C16H34N2O. The van der Waals surface area contributed by atoms with Crippen molar-refractivity contribution in [1.29, 1.82) is 0 Å². The second-order valence-corrected chi connectivity index (χ2v) is 6.13. The first kappa shape index (κ1) is 18.4. The van der Waals surface area contributed by atoms with E-state index >= 15 is 0 Å². The Balaban J connectivity index is 4.51. The molecule has 0 aliphatic rings. The minimum absolute atomic E-state index is 0.291. The molecule has 2 N–H and O–H groups in total. The van der Waals surface area contributed by atoms with E-state index in [0.29, 0.717) is 36.8 Å². The Morgan fingerprint density at radius 1 is 1.21 bits per heavy atom. The molecule has 3 heteroatoms. The van der Waals surface area contributed by atoms with Crippen molar-refractivity contribution in [1.82, 2.24) is 4.90 Å². The maximum absolute atomic E-state index is 12.5. The summed E-state index contributed by atoms with van der Waals surface area (Å²) in [5, 5.41) is 0. The zero-order chi connectivity index (χ0) is 14.8. The lowest BCUT2D eigenvalue weighted by atomic mass is 9.93. The fourth-order valence-electron chi connectivity index (χ4n) is 2.43. The highest BCUT2D eigenvalue weighted by molar-refractivity contribution is 5.76. The summed E-state index contributed by atoms with van der Waals surface area (Å²) < 4.78 is 0. The van der Waals surface area contributed by atoms with E-state index in [1.54, 1.807) is 0 Å². The van der Waals surface area contributed by atoms with Crippen LogP contribution in [0.15, 0.2) is 0 Å². The van der Waals surface area contributed by atoms with Gasteiger partial charge < -0.3 is 10.6 Å². The van der Waals surface area contributed by atoms with Gasteiger partial charge in [0.25, 0.3) is 0 Å². The van der Waals surface area contributed by atoms with Crippen LogP contribution >= 0.6 is 0 Å². The van der Waals surface area contributed by atoms with Gasteiger partial charge in [0.2, 0.25) is 5.91 Å². The Hall–Kier alpha value is -0.570. The van der Waals surface area contributed by atoms with E-state index in [1.165, 1.54) is 0 Å². The van der Waals surface area contributed by atoms with Gasteiger partial charge in [-0.05, 0) is 44.6 Å². The van der Waals surface area contributed by atoms with Gasteiger partial charge >= 0.3 is 0 Å². The lowest BCUT2D eigenvalue weighted by Crippen LogP contribution is -2.40. The lowest BCUT2D eigenvalue weighted by molar-refractivity contribution is -0.134. The molecular weight excluding hydrogens is 236 g/mol. The highest BCUT2D eigenvalue weighted by Gasteiger charge is 2.21. The van der Waals surface area contributed by atoms with Crippen LogP contribution in [-0.2, 0) is 4.79 Å².